The second-order valence-corrected chi connectivity index (χ2v) is 11.0. The number of carboxylic acid groups (broad SMARTS) is 1. The Bertz CT molecular complexity index is 1330. The summed E-state index contributed by atoms with van der Waals surface area (Å²) in [6, 6.07) is 10.6. The Morgan fingerprint density at radius 1 is 0.973 bits per heavy atom. The Morgan fingerprint density at radius 3 is 2.41 bits per heavy atom. The maximum Gasteiger partial charge on any atom is 0.416 e. The summed E-state index contributed by atoms with van der Waals surface area (Å²) in [5.74, 6) is 0.288. The second-order valence-electron chi connectivity index (χ2n) is 11.0. The molecule has 4 nitrogen and oxygen atoms in total. The lowest BCUT2D eigenvalue weighted by atomic mass is 9.77. The van der Waals surface area contributed by atoms with Crippen LogP contribution >= 0.6 is 0 Å². The van der Waals surface area contributed by atoms with E-state index in [0.717, 1.165) is 68.1 Å². The maximum atomic E-state index is 13.9. The highest BCUT2D eigenvalue weighted by molar-refractivity contribution is 5.88. The molecule has 0 radical (unpaired) electrons. The van der Waals surface area contributed by atoms with E-state index in [1.54, 1.807) is 12.1 Å². The standard InChI is InChI=1S/C30H32F3NO3/c31-30(32,33)25-14-18(8-10-23(25)19-4-1-2-5-19)17-37-22-9-11-26-24(16-22)28(20-6-3-7-20)29-21(15-27(35)36)12-13-34(26)29/h8-11,14,16,19-21H,1-7,12-13,15,17H2,(H,35,36)/t21-/m0/s1. The molecule has 7 heteroatoms. The number of carbonyl (C=O) groups is 1. The van der Waals surface area contributed by atoms with Crippen LogP contribution in [0.4, 0.5) is 13.2 Å². The van der Waals surface area contributed by atoms with Gasteiger partial charge in [0.15, 0.2) is 0 Å². The Kier molecular flexibility index (Phi) is 6.20. The van der Waals surface area contributed by atoms with Gasteiger partial charge in [-0.3, -0.25) is 4.79 Å². The van der Waals surface area contributed by atoms with Gasteiger partial charge in [0, 0.05) is 29.1 Å². The average Bonchev–Trinajstić information content (AvgIpc) is 3.55. The van der Waals surface area contributed by atoms with Gasteiger partial charge >= 0.3 is 12.1 Å². The fourth-order valence-electron chi connectivity index (χ4n) is 6.81. The number of alkyl halides is 3. The minimum Gasteiger partial charge on any atom is -0.489 e. The molecule has 6 rings (SSSR count). The van der Waals surface area contributed by atoms with Gasteiger partial charge in [-0.25, -0.2) is 0 Å². The lowest BCUT2D eigenvalue weighted by Gasteiger charge is -2.27. The molecule has 2 saturated carbocycles. The molecule has 2 aliphatic carbocycles. The second kappa shape index (κ2) is 9.41. The molecule has 2 aromatic carbocycles. The molecular formula is C30H32F3NO3. The summed E-state index contributed by atoms with van der Waals surface area (Å²) in [4.78, 5) is 11.5. The first-order valence-corrected chi connectivity index (χ1v) is 13.5. The molecule has 0 unspecified atom stereocenters. The smallest absolute Gasteiger partial charge is 0.416 e. The van der Waals surface area contributed by atoms with Crippen molar-refractivity contribution in [3.8, 4) is 5.75 Å². The van der Waals surface area contributed by atoms with E-state index in [0.29, 0.717) is 22.8 Å². The summed E-state index contributed by atoms with van der Waals surface area (Å²) in [7, 11) is 0. The number of rotatable bonds is 7. The van der Waals surface area contributed by atoms with Crippen LogP contribution in [0.3, 0.4) is 0 Å². The maximum absolute atomic E-state index is 13.9. The third-order valence-corrected chi connectivity index (χ3v) is 8.76. The molecule has 0 amide bonds. The summed E-state index contributed by atoms with van der Waals surface area (Å²) >= 11 is 0. The Balaban J connectivity index is 1.29. The van der Waals surface area contributed by atoms with Crippen LogP contribution in [0.15, 0.2) is 36.4 Å². The van der Waals surface area contributed by atoms with Gasteiger partial charge in [-0.1, -0.05) is 31.4 Å². The van der Waals surface area contributed by atoms with Crippen molar-refractivity contribution >= 4 is 16.9 Å². The minimum absolute atomic E-state index is 0.0133. The van der Waals surface area contributed by atoms with Crippen LogP contribution in [0, 0.1) is 0 Å². The van der Waals surface area contributed by atoms with Crippen LogP contribution in [0.5, 0.6) is 5.75 Å². The average molecular weight is 512 g/mol. The zero-order valence-electron chi connectivity index (χ0n) is 20.8. The van der Waals surface area contributed by atoms with Crippen LogP contribution in [0.1, 0.15) is 103 Å². The molecular weight excluding hydrogens is 479 g/mol. The fraction of sp³-hybridized carbons (Fsp3) is 0.500. The molecule has 0 saturated heterocycles. The molecule has 196 valence electrons. The minimum atomic E-state index is -4.38. The summed E-state index contributed by atoms with van der Waals surface area (Å²) < 4.78 is 50.0. The van der Waals surface area contributed by atoms with E-state index in [2.05, 4.69) is 4.57 Å². The third-order valence-electron chi connectivity index (χ3n) is 8.76. The normalized spacial score (nSPS) is 20.4. The van der Waals surface area contributed by atoms with E-state index in [-0.39, 0.29) is 24.9 Å². The zero-order chi connectivity index (χ0) is 25.7. The first-order chi connectivity index (χ1) is 17.8. The van der Waals surface area contributed by atoms with Gasteiger partial charge in [0.05, 0.1) is 12.0 Å². The van der Waals surface area contributed by atoms with Crippen molar-refractivity contribution in [2.75, 3.05) is 0 Å². The Labute approximate surface area is 214 Å². The zero-order valence-corrected chi connectivity index (χ0v) is 20.8. The first-order valence-electron chi connectivity index (χ1n) is 13.5. The lowest BCUT2D eigenvalue weighted by molar-refractivity contribution is -0.139. The van der Waals surface area contributed by atoms with Crippen LogP contribution < -0.4 is 4.74 Å². The number of aryl methyl sites for hydroxylation is 1. The van der Waals surface area contributed by atoms with Gasteiger partial charge in [-0.15, -0.1) is 0 Å². The predicted octanol–water partition coefficient (Wildman–Crippen LogP) is 8.13. The molecule has 3 aliphatic rings. The van der Waals surface area contributed by atoms with Gasteiger partial charge in [0.2, 0.25) is 0 Å². The van der Waals surface area contributed by atoms with Crippen LogP contribution in [-0.4, -0.2) is 15.6 Å². The Morgan fingerprint density at radius 2 is 1.73 bits per heavy atom. The number of halogens is 3. The molecule has 2 fully saturated rings. The van der Waals surface area contributed by atoms with Gasteiger partial charge in [-0.05, 0) is 84.9 Å². The number of hydrogen-bond acceptors (Lipinski definition) is 2. The fourth-order valence-corrected chi connectivity index (χ4v) is 6.81. The molecule has 1 aliphatic heterocycles. The van der Waals surface area contributed by atoms with Gasteiger partial charge in [-0.2, -0.15) is 13.2 Å². The van der Waals surface area contributed by atoms with E-state index in [4.69, 9.17) is 4.74 Å². The van der Waals surface area contributed by atoms with Crippen molar-refractivity contribution in [2.24, 2.45) is 0 Å². The number of aliphatic carboxylic acids is 1. The largest absolute Gasteiger partial charge is 0.489 e. The summed E-state index contributed by atoms with van der Waals surface area (Å²) in [6.07, 6.45) is 3.58. The topological polar surface area (TPSA) is 51.5 Å². The number of fused-ring (bicyclic) bond motifs is 3. The van der Waals surface area contributed by atoms with Crippen molar-refractivity contribution in [3.63, 3.8) is 0 Å². The van der Waals surface area contributed by atoms with Crippen LogP contribution in [0.2, 0.25) is 0 Å². The number of benzene rings is 2. The summed E-state index contributed by atoms with van der Waals surface area (Å²) in [6.45, 7) is 0.873. The number of hydrogen-bond donors (Lipinski definition) is 1. The van der Waals surface area contributed by atoms with Gasteiger partial charge < -0.3 is 14.4 Å². The number of ether oxygens (including phenoxy) is 1. The van der Waals surface area contributed by atoms with Crippen molar-refractivity contribution in [2.45, 2.75) is 94.9 Å². The van der Waals surface area contributed by atoms with Gasteiger partial charge in [0.1, 0.15) is 12.4 Å². The van der Waals surface area contributed by atoms with E-state index < -0.39 is 17.7 Å². The van der Waals surface area contributed by atoms with E-state index in [9.17, 15) is 23.1 Å². The Hall–Kier alpha value is -2.96. The molecule has 3 aromatic rings. The highest BCUT2D eigenvalue weighted by Crippen LogP contribution is 2.49. The molecule has 1 aromatic heterocycles. The van der Waals surface area contributed by atoms with E-state index in [1.807, 2.05) is 18.2 Å². The SMILES string of the molecule is O=C(O)C[C@@H]1CCn2c1c(C1CCC1)c1cc(OCc3ccc(C4CCCC4)c(C(F)(F)F)c3)ccc12. The molecule has 1 N–H and O–H groups in total. The van der Waals surface area contributed by atoms with Crippen LogP contribution in [-0.2, 0) is 24.1 Å². The lowest BCUT2D eigenvalue weighted by Crippen LogP contribution is -2.13. The van der Waals surface area contributed by atoms with Crippen molar-refractivity contribution in [1.29, 1.82) is 0 Å². The summed E-state index contributed by atoms with van der Waals surface area (Å²) in [5.41, 5.74) is 3.91. The molecule has 1 atom stereocenters. The third kappa shape index (κ3) is 4.51. The summed E-state index contributed by atoms with van der Waals surface area (Å²) in [5, 5.41) is 10.5. The highest BCUT2D eigenvalue weighted by atomic mass is 19.4. The van der Waals surface area contributed by atoms with E-state index in [1.165, 1.54) is 18.1 Å². The first kappa shape index (κ1) is 24.4. The van der Waals surface area contributed by atoms with Crippen LogP contribution in [0.25, 0.3) is 10.9 Å². The molecule has 0 bridgehead atoms. The van der Waals surface area contributed by atoms with Crippen molar-refractivity contribution in [3.05, 3.63) is 64.3 Å². The molecule has 2 heterocycles. The molecule has 37 heavy (non-hydrogen) atoms. The van der Waals surface area contributed by atoms with Crippen molar-refractivity contribution < 1.29 is 27.8 Å². The molecule has 0 spiro atoms. The van der Waals surface area contributed by atoms with Gasteiger partial charge in [0.25, 0.3) is 0 Å². The van der Waals surface area contributed by atoms with Crippen molar-refractivity contribution in [1.82, 2.24) is 4.57 Å². The predicted molar refractivity (Wildman–Crippen MR) is 135 cm³/mol. The quantitative estimate of drug-likeness (QED) is 0.348. The number of nitrogens with zero attached hydrogens (tertiary/aromatic N) is 1. The highest BCUT2D eigenvalue weighted by Gasteiger charge is 2.37. The number of aromatic nitrogens is 1. The van der Waals surface area contributed by atoms with E-state index >= 15 is 0 Å². The monoisotopic (exact) mass is 511 g/mol. The number of carboxylic acids is 1.